The van der Waals surface area contributed by atoms with Crippen LogP contribution in [0.3, 0.4) is 0 Å². The zero-order valence-corrected chi connectivity index (χ0v) is 13.0. The molecule has 1 aromatic carbocycles. The van der Waals surface area contributed by atoms with Gasteiger partial charge >= 0.3 is 0 Å². The molecule has 1 aromatic rings. The quantitative estimate of drug-likeness (QED) is 0.909. The molecule has 2 unspecified atom stereocenters. The zero-order valence-electron chi connectivity index (χ0n) is 11.4. The van der Waals surface area contributed by atoms with Crippen molar-refractivity contribution in [1.29, 1.82) is 0 Å². The number of ether oxygens (including phenoxy) is 1. The molecular formula is C15H22BrNO. The first-order valence-corrected chi connectivity index (χ1v) is 7.56. The molecule has 0 amide bonds. The Bertz CT molecular complexity index is 403. The van der Waals surface area contributed by atoms with Gasteiger partial charge in [-0.3, -0.25) is 0 Å². The smallest absolute Gasteiger partial charge is 0.0983 e. The van der Waals surface area contributed by atoms with Gasteiger partial charge in [0.25, 0.3) is 0 Å². The van der Waals surface area contributed by atoms with Crippen LogP contribution < -0.4 is 5.32 Å². The lowest BCUT2D eigenvalue weighted by Gasteiger charge is -2.44. The van der Waals surface area contributed by atoms with Crippen LogP contribution in [-0.2, 0) is 4.74 Å². The fourth-order valence-electron chi connectivity index (χ4n) is 2.57. The van der Waals surface area contributed by atoms with Crippen molar-refractivity contribution >= 4 is 15.9 Å². The lowest BCUT2D eigenvalue weighted by Crippen LogP contribution is -2.54. The third-order valence-corrected chi connectivity index (χ3v) is 4.54. The summed E-state index contributed by atoms with van der Waals surface area (Å²) in [6.07, 6.45) is 2.23. The first-order valence-electron chi connectivity index (χ1n) is 6.77. The van der Waals surface area contributed by atoms with Crippen LogP contribution in [0.2, 0.25) is 0 Å². The SMILES string of the molecule is CCC1(CC)CNC(C)C(c2cccc(Br)c2)O1. The first kappa shape index (κ1) is 14.0. The Labute approximate surface area is 118 Å². The number of morpholine rings is 1. The molecule has 2 atom stereocenters. The molecule has 0 aliphatic carbocycles. The largest absolute Gasteiger partial charge is 0.364 e. The van der Waals surface area contributed by atoms with Gasteiger partial charge in [-0.05, 0) is 37.5 Å². The predicted octanol–water partition coefficient (Wildman–Crippen LogP) is 4.06. The van der Waals surface area contributed by atoms with Gasteiger partial charge in [-0.2, -0.15) is 0 Å². The maximum atomic E-state index is 6.44. The van der Waals surface area contributed by atoms with E-state index in [1.54, 1.807) is 0 Å². The van der Waals surface area contributed by atoms with E-state index in [1.807, 2.05) is 0 Å². The highest BCUT2D eigenvalue weighted by Crippen LogP contribution is 2.35. The van der Waals surface area contributed by atoms with E-state index in [2.05, 4.69) is 66.3 Å². The van der Waals surface area contributed by atoms with Crippen molar-refractivity contribution in [2.24, 2.45) is 0 Å². The Morgan fingerprint density at radius 3 is 2.72 bits per heavy atom. The van der Waals surface area contributed by atoms with Crippen LogP contribution in [0, 0.1) is 0 Å². The van der Waals surface area contributed by atoms with Crippen molar-refractivity contribution < 1.29 is 4.74 Å². The van der Waals surface area contributed by atoms with E-state index in [-0.39, 0.29) is 11.7 Å². The van der Waals surface area contributed by atoms with E-state index in [1.165, 1.54) is 5.56 Å². The van der Waals surface area contributed by atoms with E-state index in [0.29, 0.717) is 6.04 Å². The average molecular weight is 312 g/mol. The van der Waals surface area contributed by atoms with E-state index in [0.717, 1.165) is 23.9 Å². The van der Waals surface area contributed by atoms with Crippen LogP contribution in [0.5, 0.6) is 0 Å². The summed E-state index contributed by atoms with van der Waals surface area (Å²) in [5.41, 5.74) is 1.23. The molecule has 1 saturated heterocycles. The van der Waals surface area contributed by atoms with Gasteiger partial charge in [0.15, 0.2) is 0 Å². The Hall–Kier alpha value is -0.380. The molecule has 100 valence electrons. The molecule has 1 heterocycles. The number of hydrogen-bond donors (Lipinski definition) is 1. The van der Waals surface area contributed by atoms with Crippen molar-refractivity contribution in [3.63, 3.8) is 0 Å². The molecule has 0 radical (unpaired) electrons. The van der Waals surface area contributed by atoms with E-state index in [4.69, 9.17) is 4.74 Å². The summed E-state index contributed by atoms with van der Waals surface area (Å²) in [6, 6.07) is 8.78. The van der Waals surface area contributed by atoms with Crippen LogP contribution >= 0.6 is 15.9 Å². The summed E-state index contributed by atoms with van der Waals surface area (Å²) in [7, 11) is 0. The fourth-order valence-corrected chi connectivity index (χ4v) is 2.99. The van der Waals surface area contributed by atoms with Gasteiger partial charge in [0.1, 0.15) is 0 Å². The lowest BCUT2D eigenvalue weighted by atomic mass is 9.91. The van der Waals surface area contributed by atoms with Crippen molar-refractivity contribution in [2.75, 3.05) is 6.54 Å². The van der Waals surface area contributed by atoms with Gasteiger partial charge in [0, 0.05) is 17.1 Å². The van der Waals surface area contributed by atoms with E-state index in [9.17, 15) is 0 Å². The standard InChI is InChI=1S/C15H22BrNO/c1-4-15(5-2)10-17-11(3)14(18-15)12-7-6-8-13(16)9-12/h6-9,11,14,17H,4-5,10H2,1-3H3. The Morgan fingerprint density at radius 2 is 2.11 bits per heavy atom. The minimum absolute atomic E-state index is 0.0144. The molecule has 1 fully saturated rings. The number of benzene rings is 1. The summed E-state index contributed by atoms with van der Waals surface area (Å²) in [6.45, 7) is 7.56. The highest BCUT2D eigenvalue weighted by atomic mass is 79.9. The zero-order chi connectivity index (χ0) is 13.2. The highest BCUT2D eigenvalue weighted by molar-refractivity contribution is 9.10. The molecule has 2 rings (SSSR count). The second kappa shape index (κ2) is 5.72. The molecule has 3 heteroatoms. The van der Waals surface area contributed by atoms with Gasteiger partial charge in [0.2, 0.25) is 0 Å². The summed E-state index contributed by atoms with van der Waals surface area (Å²) >= 11 is 3.54. The Morgan fingerprint density at radius 1 is 1.39 bits per heavy atom. The van der Waals surface area contributed by atoms with Crippen LogP contribution in [0.15, 0.2) is 28.7 Å². The minimum atomic E-state index is -0.0144. The molecule has 0 saturated carbocycles. The van der Waals surface area contributed by atoms with Crippen LogP contribution in [0.1, 0.15) is 45.3 Å². The Kier molecular flexibility index (Phi) is 4.46. The van der Waals surface area contributed by atoms with Gasteiger partial charge < -0.3 is 10.1 Å². The molecule has 2 nitrogen and oxygen atoms in total. The molecule has 0 spiro atoms. The molecule has 18 heavy (non-hydrogen) atoms. The first-order chi connectivity index (χ1) is 8.60. The van der Waals surface area contributed by atoms with Crippen molar-refractivity contribution in [3.05, 3.63) is 34.3 Å². The lowest BCUT2D eigenvalue weighted by molar-refractivity contribution is -0.139. The molecule has 1 aliphatic rings. The normalized spacial score (nSPS) is 27.1. The number of rotatable bonds is 3. The van der Waals surface area contributed by atoms with Crippen molar-refractivity contribution in [3.8, 4) is 0 Å². The second-order valence-corrected chi connectivity index (χ2v) is 6.07. The van der Waals surface area contributed by atoms with Gasteiger partial charge in [-0.25, -0.2) is 0 Å². The van der Waals surface area contributed by atoms with Gasteiger partial charge in [-0.15, -0.1) is 0 Å². The third-order valence-electron chi connectivity index (χ3n) is 4.04. The molecule has 0 aromatic heterocycles. The van der Waals surface area contributed by atoms with Crippen LogP contribution in [0.25, 0.3) is 0 Å². The summed E-state index contributed by atoms with van der Waals surface area (Å²) < 4.78 is 7.55. The van der Waals surface area contributed by atoms with Crippen molar-refractivity contribution in [2.45, 2.75) is 51.4 Å². The fraction of sp³-hybridized carbons (Fsp3) is 0.600. The summed E-state index contributed by atoms with van der Waals surface area (Å²) in [5, 5.41) is 3.60. The van der Waals surface area contributed by atoms with Crippen LogP contribution in [0.4, 0.5) is 0 Å². The van der Waals surface area contributed by atoms with Gasteiger partial charge in [-0.1, -0.05) is 41.9 Å². The minimum Gasteiger partial charge on any atom is -0.364 e. The number of hydrogen-bond acceptors (Lipinski definition) is 2. The van der Waals surface area contributed by atoms with Crippen molar-refractivity contribution in [1.82, 2.24) is 5.32 Å². The monoisotopic (exact) mass is 311 g/mol. The van der Waals surface area contributed by atoms with Gasteiger partial charge in [0.05, 0.1) is 11.7 Å². The maximum absolute atomic E-state index is 6.44. The topological polar surface area (TPSA) is 21.3 Å². The number of nitrogens with one attached hydrogen (secondary N) is 1. The second-order valence-electron chi connectivity index (χ2n) is 5.15. The van der Waals surface area contributed by atoms with Crippen LogP contribution in [-0.4, -0.2) is 18.2 Å². The predicted molar refractivity (Wildman–Crippen MR) is 78.7 cm³/mol. The van der Waals surface area contributed by atoms with E-state index < -0.39 is 0 Å². The molecule has 1 N–H and O–H groups in total. The molecule has 1 aliphatic heterocycles. The summed E-state index contributed by atoms with van der Waals surface area (Å²) in [5.74, 6) is 0. The molecular weight excluding hydrogens is 290 g/mol. The Balaban J connectivity index is 2.25. The highest BCUT2D eigenvalue weighted by Gasteiger charge is 2.38. The molecule has 0 bridgehead atoms. The maximum Gasteiger partial charge on any atom is 0.0983 e. The third kappa shape index (κ3) is 2.79. The summed E-state index contributed by atoms with van der Waals surface area (Å²) in [4.78, 5) is 0. The average Bonchev–Trinajstić information content (AvgIpc) is 2.40. The number of halogens is 1. The van der Waals surface area contributed by atoms with E-state index >= 15 is 0 Å².